The molecule has 1 N–H and O–H groups in total. The molecule has 0 fully saturated rings. The molecule has 0 aromatic carbocycles. The Labute approximate surface area is 128 Å². The lowest BCUT2D eigenvalue weighted by Crippen LogP contribution is -2.41. The first-order valence-electron chi connectivity index (χ1n) is 6.50. The van der Waals surface area contributed by atoms with Crippen LogP contribution >= 0.6 is 11.3 Å². The van der Waals surface area contributed by atoms with Gasteiger partial charge in [-0.25, -0.2) is 4.31 Å². The van der Waals surface area contributed by atoms with Gasteiger partial charge in [0, 0.05) is 13.1 Å². The lowest BCUT2D eigenvalue weighted by Gasteiger charge is -2.24. The van der Waals surface area contributed by atoms with E-state index >= 15 is 0 Å². The molecular weight excluding hydrogens is 310 g/mol. The number of nitrogens with zero attached hydrogens (tertiary/aromatic N) is 2. The first-order chi connectivity index (χ1) is 9.85. The van der Waals surface area contributed by atoms with Crippen molar-refractivity contribution in [2.45, 2.75) is 26.3 Å². The van der Waals surface area contributed by atoms with Crippen molar-refractivity contribution < 1.29 is 13.2 Å². The highest BCUT2D eigenvalue weighted by atomic mass is 32.2. The van der Waals surface area contributed by atoms with E-state index in [2.05, 4.69) is 9.71 Å². The minimum absolute atomic E-state index is 0.0291. The predicted molar refractivity (Wildman–Crippen MR) is 83.5 cm³/mol. The molecule has 1 aromatic heterocycles. The molecule has 1 aliphatic rings. The second-order valence-corrected chi connectivity index (χ2v) is 7.29. The zero-order chi connectivity index (χ0) is 15.6. The molecule has 0 spiro atoms. The van der Waals surface area contributed by atoms with Crippen molar-refractivity contribution in [1.29, 1.82) is 0 Å². The van der Waals surface area contributed by atoms with Gasteiger partial charge in [0.05, 0.1) is 10.6 Å². The van der Waals surface area contributed by atoms with Gasteiger partial charge in [-0.15, -0.1) is 15.7 Å². The van der Waals surface area contributed by atoms with Gasteiger partial charge < -0.3 is 5.32 Å². The Morgan fingerprint density at radius 1 is 1.52 bits per heavy atom. The Balaban J connectivity index is 2.39. The third-order valence-electron chi connectivity index (χ3n) is 3.17. The van der Waals surface area contributed by atoms with Crippen LogP contribution in [0, 0.1) is 0 Å². The highest BCUT2D eigenvalue weighted by Gasteiger charge is 2.30. The van der Waals surface area contributed by atoms with Crippen molar-refractivity contribution in [3.05, 3.63) is 34.2 Å². The summed E-state index contributed by atoms with van der Waals surface area (Å²) >= 11 is 1.37. The van der Waals surface area contributed by atoms with Gasteiger partial charge in [0.2, 0.25) is 0 Å². The fourth-order valence-corrected chi connectivity index (χ4v) is 3.36. The molecule has 1 aromatic rings. The van der Waals surface area contributed by atoms with Crippen molar-refractivity contribution >= 4 is 33.2 Å². The Morgan fingerprint density at radius 3 is 2.81 bits per heavy atom. The number of carbonyl (C=O) groups is 1. The van der Waals surface area contributed by atoms with E-state index in [9.17, 15) is 13.2 Å². The molecule has 1 atom stereocenters. The monoisotopic (exact) mass is 327 g/mol. The number of allylic oxidation sites excluding steroid dienone is 1. The molecule has 0 unspecified atom stereocenters. The van der Waals surface area contributed by atoms with Crippen molar-refractivity contribution in [3.63, 3.8) is 0 Å². The summed E-state index contributed by atoms with van der Waals surface area (Å²) in [6.07, 6.45) is 2.27. The third-order valence-corrected chi connectivity index (χ3v) is 5.38. The van der Waals surface area contributed by atoms with Crippen LogP contribution in [0.1, 0.15) is 25.1 Å². The number of rotatable bonds is 4. The maximum atomic E-state index is 12.2. The Hall–Kier alpha value is -1.67. The van der Waals surface area contributed by atoms with Crippen LogP contribution in [0.15, 0.2) is 33.7 Å². The molecular formula is C13H17N3O3S2. The highest BCUT2D eigenvalue weighted by molar-refractivity contribution is 7.88. The Bertz CT molecular complexity index is 690. The minimum atomic E-state index is -3.87. The number of amides is 1. The van der Waals surface area contributed by atoms with Crippen LogP contribution in [0.4, 0.5) is 0 Å². The normalized spacial score (nSPS) is 18.7. The summed E-state index contributed by atoms with van der Waals surface area (Å²) < 4.78 is 28.8. The van der Waals surface area contributed by atoms with E-state index in [-0.39, 0.29) is 17.5 Å². The summed E-state index contributed by atoms with van der Waals surface area (Å²) in [6, 6.07) is 3.55. The van der Waals surface area contributed by atoms with Crippen LogP contribution in [0.2, 0.25) is 0 Å². The van der Waals surface area contributed by atoms with Gasteiger partial charge in [-0.2, -0.15) is 8.42 Å². The van der Waals surface area contributed by atoms with Gasteiger partial charge in [-0.05, 0) is 30.9 Å². The number of hydrogen-bond acceptors (Lipinski definition) is 4. The van der Waals surface area contributed by atoms with Crippen LogP contribution in [-0.2, 0) is 15.0 Å². The second kappa shape index (κ2) is 5.98. The fourth-order valence-electron chi connectivity index (χ4n) is 1.71. The van der Waals surface area contributed by atoms with Gasteiger partial charge in [0.25, 0.3) is 5.91 Å². The molecule has 114 valence electrons. The van der Waals surface area contributed by atoms with Gasteiger partial charge in [-0.3, -0.25) is 4.79 Å². The molecule has 1 aliphatic heterocycles. The van der Waals surface area contributed by atoms with Crippen molar-refractivity contribution in [3.8, 4) is 0 Å². The predicted octanol–water partition coefficient (Wildman–Crippen LogP) is 1.53. The van der Waals surface area contributed by atoms with Gasteiger partial charge in [-0.1, -0.05) is 13.0 Å². The number of nitrogens with one attached hydrogen (secondary N) is 1. The van der Waals surface area contributed by atoms with Crippen molar-refractivity contribution in [2.75, 3.05) is 7.05 Å². The summed E-state index contributed by atoms with van der Waals surface area (Å²) in [7, 11) is -2.55. The van der Waals surface area contributed by atoms with Crippen LogP contribution in [-0.4, -0.2) is 37.4 Å². The summed E-state index contributed by atoms with van der Waals surface area (Å²) in [5.74, 6) is -0.417. The first kappa shape index (κ1) is 15.7. The van der Waals surface area contributed by atoms with Gasteiger partial charge >= 0.3 is 10.2 Å². The Morgan fingerprint density at radius 2 is 2.24 bits per heavy atom. The quantitative estimate of drug-likeness (QED) is 0.911. The van der Waals surface area contributed by atoms with E-state index in [4.69, 9.17) is 0 Å². The molecule has 2 heterocycles. The van der Waals surface area contributed by atoms with E-state index in [1.165, 1.54) is 24.5 Å². The maximum absolute atomic E-state index is 12.2. The molecule has 6 nitrogen and oxygen atoms in total. The average Bonchev–Trinajstić information content (AvgIpc) is 2.95. The zero-order valence-corrected chi connectivity index (χ0v) is 13.7. The first-order valence-corrected chi connectivity index (χ1v) is 8.78. The number of hydrogen-bond donors (Lipinski definition) is 1. The van der Waals surface area contributed by atoms with E-state index in [1.807, 2.05) is 19.2 Å². The molecule has 2 rings (SSSR count). The molecule has 0 saturated heterocycles. The van der Waals surface area contributed by atoms with E-state index in [0.717, 1.165) is 10.7 Å². The van der Waals surface area contributed by atoms with Crippen molar-refractivity contribution in [2.24, 2.45) is 4.40 Å². The van der Waals surface area contributed by atoms with Crippen LogP contribution in [0.3, 0.4) is 0 Å². The second-order valence-electron chi connectivity index (χ2n) is 4.71. The fraction of sp³-hybridized carbons (Fsp3) is 0.385. The summed E-state index contributed by atoms with van der Waals surface area (Å²) in [4.78, 5) is 13.0. The summed E-state index contributed by atoms with van der Waals surface area (Å²) in [5, 5.41) is 4.60. The number of thiophene rings is 1. The van der Waals surface area contributed by atoms with Crippen LogP contribution in [0.5, 0.6) is 0 Å². The van der Waals surface area contributed by atoms with E-state index in [1.54, 1.807) is 12.1 Å². The van der Waals surface area contributed by atoms with Gasteiger partial charge in [0.15, 0.2) is 0 Å². The molecule has 21 heavy (non-hydrogen) atoms. The lowest BCUT2D eigenvalue weighted by molar-refractivity contribution is -0.119. The number of carbonyl (C=O) groups excluding carboxylic acids is 1. The topological polar surface area (TPSA) is 78.8 Å². The molecule has 0 bridgehead atoms. The third kappa shape index (κ3) is 3.33. The van der Waals surface area contributed by atoms with Crippen LogP contribution in [0.25, 0.3) is 0 Å². The average molecular weight is 327 g/mol. The minimum Gasteiger partial charge on any atom is -0.348 e. The highest BCUT2D eigenvalue weighted by Crippen LogP contribution is 2.21. The molecule has 1 amide bonds. The smallest absolute Gasteiger partial charge is 0.345 e. The largest absolute Gasteiger partial charge is 0.348 e. The zero-order valence-electron chi connectivity index (χ0n) is 12.0. The van der Waals surface area contributed by atoms with E-state index in [0.29, 0.717) is 4.88 Å². The summed E-state index contributed by atoms with van der Waals surface area (Å²) in [5.41, 5.74) is 0.367. The maximum Gasteiger partial charge on any atom is 0.345 e. The van der Waals surface area contributed by atoms with Crippen LogP contribution < -0.4 is 5.32 Å². The number of likely N-dealkylation sites (N-methyl/N-ethyl adjacent to an activating group) is 1. The molecule has 0 radical (unpaired) electrons. The standard InChI is InChI=1S/C13H17N3O3S2/c1-4-9(2)14-13(17)11-8-10(12-6-5-7-20-12)15-21(18,19)16(11)3/h5-9H,4H2,1-3H3,(H,14,17)/t9-/m1/s1. The molecule has 0 saturated carbocycles. The van der Waals surface area contributed by atoms with Gasteiger partial charge in [0.1, 0.15) is 5.70 Å². The SMILES string of the molecule is CC[C@@H](C)NC(=O)C1=CC(c2cccs2)=NS(=O)(=O)N1C. The molecule has 8 heteroatoms. The molecule has 0 aliphatic carbocycles. The Kier molecular flexibility index (Phi) is 4.48. The summed E-state index contributed by atoms with van der Waals surface area (Å²) in [6.45, 7) is 3.81. The van der Waals surface area contributed by atoms with Crippen molar-refractivity contribution in [1.82, 2.24) is 9.62 Å². The van der Waals surface area contributed by atoms with E-state index < -0.39 is 16.1 Å². The lowest BCUT2D eigenvalue weighted by atomic mass is 10.2.